The van der Waals surface area contributed by atoms with E-state index in [0.717, 1.165) is 60.5 Å². The third-order valence-electron chi connectivity index (χ3n) is 6.42. The monoisotopic (exact) mass is 449 g/mol. The van der Waals surface area contributed by atoms with Crippen molar-refractivity contribution < 1.29 is 4.74 Å². The molecule has 0 radical (unpaired) electrons. The van der Waals surface area contributed by atoms with E-state index >= 15 is 0 Å². The van der Waals surface area contributed by atoms with Crippen molar-refractivity contribution in [1.29, 1.82) is 0 Å². The van der Waals surface area contributed by atoms with Crippen molar-refractivity contribution in [3.63, 3.8) is 0 Å². The molecule has 2 aliphatic heterocycles. The average molecular weight is 450 g/mol. The van der Waals surface area contributed by atoms with Gasteiger partial charge in [0.05, 0.1) is 34.5 Å². The molecule has 2 saturated heterocycles. The summed E-state index contributed by atoms with van der Waals surface area (Å²) in [5.41, 5.74) is 9.80. The van der Waals surface area contributed by atoms with Crippen molar-refractivity contribution >= 4 is 51.8 Å². The van der Waals surface area contributed by atoms with Gasteiger partial charge < -0.3 is 15.4 Å². The van der Waals surface area contributed by atoms with Crippen LogP contribution in [-0.4, -0.2) is 45.6 Å². The fraction of sp³-hybridized carbons (Fsp3) is 0.450. The molecule has 0 aliphatic carbocycles. The molecule has 0 bridgehead atoms. The van der Waals surface area contributed by atoms with E-state index in [1.54, 1.807) is 6.07 Å². The number of hydrogen-bond acceptors (Lipinski definition) is 7. The van der Waals surface area contributed by atoms with E-state index in [-0.39, 0.29) is 17.6 Å². The van der Waals surface area contributed by atoms with Crippen LogP contribution < -0.4 is 10.6 Å². The van der Waals surface area contributed by atoms with Crippen LogP contribution in [0.15, 0.2) is 24.4 Å². The van der Waals surface area contributed by atoms with Crippen molar-refractivity contribution in [2.45, 2.75) is 31.9 Å². The first kappa shape index (κ1) is 19.5. The Morgan fingerprint density at radius 1 is 1.17 bits per heavy atom. The SMILES string of the molecule is CC1OCC2(CCN(c3ncc(-c4cccc(Cl)c4Cl)c4nsnc34)CC2)C1N. The second kappa shape index (κ2) is 7.32. The molecule has 2 fully saturated rings. The van der Waals surface area contributed by atoms with Gasteiger partial charge >= 0.3 is 0 Å². The van der Waals surface area contributed by atoms with Crippen molar-refractivity contribution in [1.82, 2.24) is 13.7 Å². The summed E-state index contributed by atoms with van der Waals surface area (Å²) in [4.78, 5) is 7.05. The average Bonchev–Trinajstić information content (AvgIpc) is 3.32. The van der Waals surface area contributed by atoms with E-state index in [1.807, 2.05) is 18.3 Å². The molecule has 152 valence electrons. The van der Waals surface area contributed by atoms with Gasteiger partial charge in [-0.1, -0.05) is 35.3 Å². The van der Waals surface area contributed by atoms with Gasteiger partial charge in [0.25, 0.3) is 0 Å². The molecule has 9 heteroatoms. The normalized spacial score (nSPS) is 23.9. The summed E-state index contributed by atoms with van der Waals surface area (Å²) in [5.74, 6) is 0.867. The van der Waals surface area contributed by atoms with E-state index in [4.69, 9.17) is 38.7 Å². The zero-order chi connectivity index (χ0) is 20.2. The molecular weight excluding hydrogens is 429 g/mol. The minimum Gasteiger partial charge on any atom is -0.376 e. The quantitative estimate of drug-likeness (QED) is 0.624. The predicted molar refractivity (Wildman–Crippen MR) is 118 cm³/mol. The number of hydrogen-bond donors (Lipinski definition) is 1. The van der Waals surface area contributed by atoms with Crippen molar-refractivity contribution in [2.75, 3.05) is 24.6 Å². The summed E-state index contributed by atoms with van der Waals surface area (Å²) in [5, 5.41) is 1.01. The van der Waals surface area contributed by atoms with Crippen LogP contribution in [0.25, 0.3) is 22.2 Å². The maximum atomic E-state index is 6.45. The second-order valence-electron chi connectivity index (χ2n) is 7.95. The number of nitrogens with two attached hydrogens (primary N) is 1. The topological polar surface area (TPSA) is 77.2 Å². The van der Waals surface area contributed by atoms with Crippen LogP contribution in [-0.2, 0) is 4.74 Å². The number of rotatable bonds is 2. The molecule has 2 aromatic heterocycles. The lowest BCUT2D eigenvalue weighted by Gasteiger charge is -2.41. The maximum Gasteiger partial charge on any atom is 0.157 e. The summed E-state index contributed by atoms with van der Waals surface area (Å²) in [6, 6.07) is 5.66. The number of anilines is 1. The zero-order valence-electron chi connectivity index (χ0n) is 15.9. The summed E-state index contributed by atoms with van der Waals surface area (Å²) in [7, 11) is 0. The largest absolute Gasteiger partial charge is 0.376 e. The number of halogens is 2. The smallest absolute Gasteiger partial charge is 0.157 e. The summed E-state index contributed by atoms with van der Waals surface area (Å²) < 4.78 is 14.9. The highest BCUT2D eigenvalue weighted by Gasteiger charge is 2.47. The minimum atomic E-state index is 0.0730. The Morgan fingerprint density at radius 2 is 1.93 bits per heavy atom. The minimum absolute atomic E-state index is 0.0730. The van der Waals surface area contributed by atoms with Gasteiger partial charge in [-0.3, -0.25) is 0 Å². The fourth-order valence-corrected chi connectivity index (χ4v) is 5.50. The van der Waals surface area contributed by atoms with Crippen LogP contribution in [0.4, 0.5) is 5.82 Å². The Hall–Kier alpha value is -1.51. The first-order valence-electron chi connectivity index (χ1n) is 9.68. The van der Waals surface area contributed by atoms with Crippen molar-refractivity contribution in [2.24, 2.45) is 11.1 Å². The lowest BCUT2D eigenvalue weighted by Crippen LogP contribution is -2.50. The highest BCUT2D eigenvalue weighted by atomic mass is 35.5. The molecule has 5 rings (SSSR count). The molecule has 0 amide bonds. The highest BCUT2D eigenvalue weighted by Crippen LogP contribution is 2.43. The Labute approximate surface area is 183 Å². The summed E-state index contributed by atoms with van der Waals surface area (Å²) in [6.45, 7) is 4.56. The van der Waals surface area contributed by atoms with E-state index in [0.29, 0.717) is 10.0 Å². The Balaban J connectivity index is 1.47. The molecule has 2 aliphatic rings. The molecule has 1 spiro atoms. The fourth-order valence-electron chi connectivity index (χ4n) is 4.54. The van der Waals surface area contributed by atoms with Gasteiger partial charge in [0.1, 0.15) is 11.0 Å². The molecule has 4 heterocycles. The second-order valence-corrected chi connectivity index (χ2v) is 9.26. The molecule has 0 saturated carbocycles. The molecule has 2 atom stereocenters. The van der Waals surface area contributed by atoms with Gasteiger partial charge in [0, 0.05) is 41.9 Å². The maximum absolute atomic E-state index is 6.45. The first-order chi connectivity index (χ1) is 14.0. The number of benzene rings is 1. The first-order valence-corrected chi connectivity index (χ1v) is 11.2. The Bertz CT molecular complexity index is 1070. The van der Waals surface area contributed by atoms with Crippen LogP contribution >= 0.6 is 34.9 Å². The standard InChI is InChI=1S/C20H21Cl2N5OS/c1-11-18(23)20(10-28-11)5-7-27(8-6-20)19-17-16(25-29-26-17)13(9-24-19)12-3-2-4-14(21)15(12)22/h2-4,9,11,18H,5-8,10,23H2,1H3. The van der Waals surface area contributed by atoms with Crippen molar-refractivity contribution in [3.8, 4) is 11.1 Å². The molecule has 2 unspecified atom stereocenters. The zero-order valence-corrected chi connectivity index (χ0v) is 18.3. The third-order valence-corrected chi connectivity index (χ3v) is 7.77. The lowest BCUT2D eigenvalue weighted by molar-refractivity contribution is 0.0974. The summed E-state index contributed by atoms with van der Waals surface area (Å²) in [6.07, 6.45) is 3.92. The van der Waals surface area contributed by atoms with E-state index < -0.39 is 0 Å². The van der Waals surface area contributed by atoms with Crippen LogP contribution in [0.5, 0.6) is 0 Å². The summed E-state index contributed by atoms with van der Waals surface area (Å²) >= 11 is 13.8. The van der Waals surface area contributed by atoms with Gasteiger partial charge in [-0.25, -0.2) is 4.98 Å². The van der Waals surface area contributed by atoms with Crippen LogP contribution in [0.2, 0.25) is 10.0 Å². The van der Waals surface area contributed by atoms with Gasteiger partial charge in [-0.15, -0.1) is 0 Å². The van der Waals surface area contributed by atoms with Crippen LogP contribution in [0, 0.1) is 5.41 Å². The Morgan fingerprint density at radius 3 is 2.66 bits per heavy atom. The number of pyridine rings is 1. The van der Waals surface area contributed by atoms with E-state index in [1.165, 1.54) is 11.7 Å². The molecular formula is C20H21Cl2N5OS. The van der Waals surface area contributed by atoms with Crippen molar-refractivity contribution in [3.05, 3.63) is 34.4 Å². The lowest BCUT2D eigenvalue weighted by atomic mass is 9.73. The van der Waals surface area contributed by atoms with Crippen LogP contribution in [0.1, 0.15) is 19.8 Å². The van der Waals surface area contributed by atoms with Gasteiger partial charge in [-0.2, -0.15) is 8.75 Å². The number of fused-ring (bicyclic) bond motifs is 1. The third kappa shape index (κ3) is 3.11. The number of piperidine rings is 1. The van der Waals surface area contributed by atoms with E-state index in [2.05, 4.69) is 20.6 Å². The molecule has 6 nitrogen and oxygen atoms in total. The molecule has 29 heavy (non-hydrogen) atoms. The number of ether oxygens (including phenoxy) is 1. The van der Waals surface area contributed by atoms with Gasteiger partial charge in [0.15, 0.2) is 5.82 Å². The number of nitrogens with zero attached hydrogens (tertiary/aromatic N) is 4. The van der Waals surface area contributed by atoms with Gasteiger partial charge in [0.2, 0.25) is 0 Å². The molecule has 3 aromatic rings. The predicted octanol–water partition coefficient (Wildman–Crippen LogP) is 4.39. The van der Waals surface area contributed by atoms with E-state index in [9.17, 15) is 0 Å². The number of aromatic nitrogens is 3. The highest BCUT2D eigenvalue weighted by molar-refractivity contribution is 7.00. The molecule has 2 N–H and O–H groups in total. The Kier molecular flexibility index (Phi) is 4.91. The molecule has 1 aromatic carbocycles. The van der Waals surface area contributed by atoms with Gasteiger partial charge in [-0.05, 0) is 25.8 Å². The van der Waals surface area contributed by atoms with Crippen LogP contribution in [0.3, 0.4) is 0 Å².